The summed E-state index contributed by atoms with van der Waals surface area (Å²) in [4.78, 5) is 16.8. The van der Waals surface area contributed by atoms with Gasteiger partial charge >= 0.3 is 0 Å². The number of thiazole rings is 1. The third-order valence-corrected chi connectivity index (χ3v) is 5.08. The van der Waals surface area contributed by atoms with Gasteiger partial charge in [0.1, 0.15) is 0 Å². The van der Waals surface area contributed by atoms with Gasteiger partial charge in [0.15, 0.2) is 5.13 Å². The van der Waals surface area contributed by atoms with Crippen LogP contribution >= 0.6 is 34.5 Å². The molecule has 0 bridgehead atoms. The molecule has 1 amide bonds. The maximum absolute atomic E-state index is 12.2. The lowest BCUT2D eigenvalue weighted by Gasteiger charge is -2.17. The predicted octanol–water partition coefficient (Wildman–Crippen LogP) is 6.85. The van der Waals surface area contributed by atoms with Crippen molar-refractivity contribution < 1.29 is 4.79 Å². The standard InChI is InChI=1S/C20H19Cl2N3OS/c1-20(2,3)18(26)23-14-6-4-5-12(9-14)17-11-27-19(25-17)24-16-8-7-13(21)10-15(16)22/h4-11H,1-3H3,(H,23,26)(H,24,25). The summed E-state index contributed by atoms with van der Waals surface area (Å²) in [5, 5.41) is 9.94. The summed E-state index contributed by atoms with van der Waals surface area (Å²) in [6.07, 6.45) is 0. The number of halogens is 2. The number of anilines is 3. The SMILES string of the molecule is CC(C)(C)C(=O)Nc1cccc(-c2csc(Nc3ccc(Cl)cc3Cl)n2)c1. The number of rotatable bonds is 4. The average Bonchev–Trinajstić information content (AvgIpc) is 3.05. The van der Waals surface area contributed by atoms with E-state index in [1.165, 1.54) is 11.3 Å². The number of amides is 1. The molecular formula is C20H19Cl2N3OS. The molecule has 27 heavy (non-hydrogen) atoms. The summed E-state index contributed by atoms with van der Waals surface area (Å²) in [5.74, 6) is -0.0299. The molecule has 2 N–H and O–H groups in total. The van der Waals surface area contributed by atoms with Gasteiger partial charge in [0, 0.05) is 27.1 Å². The largest absolute Gasteiger partial charge is 0.330 e. The predicted molar refractivity (Wildman–Crippen MR) is 115 cm³/mol. The van der Waals surface area contributed by atoms with Crippen LogP contribution in [0.15, 0.2) is 47.8 Å². The first kappa shape index (κ1) is 19.7. The molecule has 3 rings (SSSR count). The number of carbonyl (C=O) groups is 1. The normalized spacial score (nSPS) is 11.3. The fourth-order valence-electron chi connectivity index (χ4n) is 2.24. The number of hydrogen-bond acceptors (Lipinski definition) is 4. The van der Waals surface area contributed by atoms with Crippen molar-refractivity contribution in [2.75, 3.05) is 10.6 Å². The smallest absolute Gasteiger partial charge is 0.229 e. The lowest BCUT2D eigenvalue weighted by Crippen LogP contribution is -2.27. The Morgan fingerprint density at radius 3 is 2.59 bits per heavy atom. The number of nitrogens with one attached hydrogen (secondary N) is 2. The van der Waals surface area contributed by atoms with Crippen molar-refractivity contribution in [2.24, 2.45) is 5.41 Å². The van der Waals surface area contributed by atoms with Gasteiger partial charge in [-0.1, -0.05) is 56.1 Å². The van der Waals surface area contributed by atoms with Crippen molar-refractivity contribution in [3.05, 3.63) is 57.9 Å². The molecule has 1 heterocycles. The monoisotopic (exact) mass is 419 g/mol. The average molecular weight is 420 g/mol. The van der Waals surface area contributed by atoms with Crippen LogP contribution in [-0.4, -0.2) is 10.9 Å². The summed E-state index contributed by atoms with van der Waals surface area (Å²) in [7, 11) is 0. The van der Waals surface area contributed by atoms with E-state index in [9.17, 15) is 4.79 Å². The van der Waals surface area contributed by atoms with E-state index < -0.39 is 5.41 Å². The molecule has 0 atom stereocenters. The fourth-order valence-corrected chi connectivity index (χ4v) is 3.43. The van der Waals surface area contributed by atoms with Crippen molar-refractivity contribution in [2.45, 2.75) is 20.8 Å². The summed E-state index contributed by atoms with van der Waals surface area (Å²) in [6, 6.07) is 12.9. The molecule has 4 nitrogen and oxygen atoms in total. The minimum Gasteiger partial charge on any atom is -0.330 e. The molecule has 140 valence electrons. The summed E-state index contributed by atoms with van der Waals surface area (Å²) in [5.41, 5.74) is 2.78. The molecule has 0 aliphatic carbocycles. The van der Waals surface area contributed by atoms with Crippen LogP contribution in [0.2, 0.25) is 10.0 Å². The summed E-state index contributed by atoms with van der Waals surface area (Å²) >= 11 is 13.6. The Balaban J connectivity index is 1.78. The number of aromatic nitrogens is 1. The molecule has 2 aromatic carbocycles. The van der Waals surface area contributed by atoms with Crippen molar-refractivity contribution in [3.8, 4) is 11.3 Å². The van der Waals surface area contributed by atoms with Gasteiger partial charge in [0.2, 0.25) is 5.91 Å². The van der Waals surface area contributed by atoms with Crippen LogP contribution in [0.25, 0.3) is 11.3 Å². The summed E-state index contributed by atoms with van der Waals surface area (Å²) in [6.45, 7) is 5.64. The van der Waals surface area contributed by atoms with Gasteiger partial charge in [0.05, 0.1) is 16.4 Å². The highest BCUT2D eigenvalue weighted by molar-refractivity contribution is 7.14. The minimum absolute atomic E-state index is 0.0299. The van der Waals surface area contributed by atoms with Gasteiger partial charge in [-0.15, -0.1) is 11.3 Å². The number of nitrogens with zero attached hydrogens (tertiary/aromatic N) is 1. The van der Waals surface area contributed by atoms with Gasteiger partial charge < -0.3 is 10.6 Å². The second-order valence-corrected chi connectivity index (χ2v) is 8.77. The third kappa shape index (κ3) is 5.01. The second kappa shape index (κ2) is 7.89. The number of carbonyl (C=O) groups excluding carboxylic acids is 1. The maximum Gasteiger partial charge on any atom is 0.229 e. The molecule has 0 spiro atoms. The summed E-state index contributed by atoms with van der Waals surface area (Å²) < 4.78 is 0. The van der Waals surface area contributed by atoms with Crippen LogP contribution in [0.5, 0.6) is 0 Å². The molecule has 0 aliphatic heterocycles. The van der Waals surface area contributed by atoms with Crippen LogP contribution in [0.4, 0.5) is 16.5 Å². The first-order valence-corrected chi connectivity index (χ1v) is 9.95. The first-order valence-electron chi connectivity index (χ1n) is 8.32. The van der Waals surface area contributed by atoms with E-state index in [0.29, 0.717) is 10.0 Å². The Morgan fingerprint density at radius 2 is 1.89 bits per heavy atom. The highest BCUT2D eigenvalue weighted by Crippen LogP contribution is 2.32. The molecule has 0 saturated heterocycles. The van der Waals surface area contributed by atoms with E-state index in [1.807, 2.05) is 56.5 Å². The van der Waals surface area contributed by atoms with Gasteiger partial charge in [0.25, 0.3) is 0 Å². The van der Waals surface area contributed by atoms with E-state index in [4.69, 9.17) is 23.2 Å². The van der Waals surface area contributed by atoms with Crippen LogP contribution in [0, 0.1) is 5.41 Å². The molecule has 7 heteroatoms. The number of benzene rings is 2. The Kier molecular flexibility index (Phi) is 5.75. The Hall–Kier alpha value is -2.08. The molecule has 0 saturated carbocycles. The highest BCUT2D eigenvalue weighted by atomic mass is 35.5. The van der Waals surface area contributed by atoms with Crippen molar-refractivity contribution in [3.63, 3.8) is 0 Å². The zero-order valence-electron chi connectivity index (χ0n) is 15.1. The molecule has 1 aromatic heterocycles. The second-order valence-electron chi connectivity index (χ2n) is 7.07. The Labute approximate surface area is 172 Å². The highest BCUT2D eigenvalue weighted by Gasteiger charge is 2.21. The topological polar surface area (TPSA) is 54.0 Å². The lowest BCUT2D eigenvalue weighted by atomic mass is 9.95. The van der Waals surface area contributed by atoms with Crippen LogP contribution in [-0.2, 0) is 4.79 Å². The first-order chi connectivity index (χ1) is 12.7. The van der Waals surface area contributed by atoms with E-state index in [0.717, 1.165) is 27.8 Å². The quantitative estimate of drug-likeness (QED) is 0.486. The van der Waals surface area contributed by atoms with Crippen molar-refractivity contribution >= 4 is 57.0 Å². The van der Waals surface area contributed by atoms with E-state index in [2.05, 4.69) is 15.6 Å². The molecular weight excluding hydrogens is 401 g/mol. The van der Waals surface area contributed by atoms with E-state index >= 15 is 0 Å². The zero-order chi connectivity index (χ0) is 19.6. The molecule has 0 fully saturated rings. The van der Waals surface area contributed by atoms with Gasteiger partial charge in [-0.2, -0.15) is 0 Å². The maximum atomic E-state index is 12.2. The van der Waals surface area contributed by atoms with E-state index in [1.54, 1.807) is 12.1 Å². The van der Waals surface area contributed by atoms with Crippen molar-refractivity contribution in [1.82, 2.24) is 4.98 Å². The Bertz CT molecular complexity index is 979. The molecule has 0 unspecified atom stereocenters. The lowest BCUT2D eigenvalue weighted by molar-refractivity contribution is -0.123. The van der Waals surface area contributed by atoms with Crippen LogP contribution < -0.4 is 10.6 Å². The van der Waals surface area contributed by atoms with Crippen molar-refractivity contribution in [1.29, 1.82) is 0 Å². The number of hydrogen-bond donors (Lipinski definition) is 2. The molecule has 3 aromatic rings. The molecule has 0 radical (unpaired) electrons. The molecule has 0 aliphatic rings. The van der Waals surface area contributed by atoms with Gasteiger partial charge in [-0.3, -0.25) is 4.79 Å². The minimum atomic E-state index is -0.453. The van der Waals surface area contributed by atoms with Crippen LogP contribution in [0.1, 0.15) is 20.8 Å². The van der Waals surface area contributed by atoms with Gasteiger partial charge in [-0.05, 0) is 30.3 Å². The fraction of sp³-hybridized carbons (Fsp3) is 0.200. The Morgan fingerprint density at radius 1 is 1.11 bits per heavy atom. The van der Waals surface area contributed by atoms with Gasteiger partial charge in [-0.25, -0.2) is 4.98 Å². The van der Waals surface area contributed by atoms with Crippen LogP contribution in [0.3, 0.4) is 0 Å². The third-order valence-electron chi connectivity index (χ3n) is 3.77. The zero-order valence-corrected chi connectivity index (χ0v) is 17.5. The van der Waals surface area contributed by atoms with E-state index in [-0.39, 0.29) is 5.91 Å².